The van der Waals surface area contributed by atoms with Crippen molar-refractivity contribution in [1.29, 1.82) is 0 Å². The zero-order chi connectivity index (χ0) is 11.4. The van der Waals surface area contributed by atoms with Crippen LogP contribution in [0.25, 0.3) is 0 Å². The summed E-state index contributed by atoms with van der Waals surface area (Å²) in [6, 6.07) is 9.79. The molecule has 0 aromatic heterocycles. The van der Waals surface area contributed by atoms with E-state index in [0.29, 0.717) is 5.71 Å². The average Bonchev–Trinajstić information content (AvgIpc) is 2.31. The van der Waals surface area contributed by atoms with Crippen molar-refractivity contribution in [3.05, 3.63) is 47.5 Å². The molecular formula is C13H16N2O. The maximum Gasteiger partial charge on any atom is 0.114 e. The summed E-state index contributed by atoms with van der Waals surface area (Å²) in [6.45, 7) is 1.91. The van der Waals surface area contributed by atoms with Gasteiger partial charge < -0.3 is 10.1 Å². The van der Waals surface area contributed by atoms with Crippen molar-refractivity contribution in [2.24, 2.45) is 5.16 Å². The minimum Gasteiger partial charge on any atom is -0.410 e. The molecule has 0 radical (unpaired) electrons. The molecule has 1 aromatic carbocycles. The Morgan fingerprint density at radius 3 is 2.69 bits per heavy atom. The second-order valence-corrected chi connectivity index (χ2v) is 4.07. The van der Waals surface area contributed by atoms with Gasteiger partial charge in [0.15, 0.2) is 0 Å². The maximum absolute atomic E-state index is 9.15. The Bertz CT molecular complexity index is 409. The fourth-order valence-corrected chi connectivity index (χ4v) is 1.97. The lowest BCUT2D eigenvalue weighted by Crippen LogP contribution is -2.28. The zero-order valence-corrected chi connectivity index (χ0v) is 9.43. The van der Waals surface area contributed by atoms with Gasteiger partial charge in [-0.25, -0.2) is 0 Å². The van der Waals surface area contributed by atoms with Crippen LogP contribution in [0.3, 0.4) is 0 Å². The van der Waals surface area contributed by atoms with E-state index < -0.39 is 0 Å². The molecule has 0 bridgehead atoms. The topological polar surface area (TPSA) is 35.8 Å². The van der Waals surface area contributed by atoms with Gasteiger partial charge in [-0.3, -0.25) is 0 Å². The van der Waals surface area contributed by atoms with Crippen molar-refractivity contribution < 1.29 is 5.21 Å². The smallest absolute Gasteiger partial charge is 0.114 e. The highest BCUT2D eigenvalue weighted by molar-refractivity contribution is 6.12. The lowest BCUT2D eigenvalue weighted by Gasteiger charge is -2.23. The molecule has 0 saturated carbocycles. The lowest BCUT2D eigenvalue weighted by atomic mass is 9.99. The molecule has 16 heavy (non-hydrogen) atoms. The van der Waals surface area contributed by atoms with Crippen LogP contribution in [0.4, 0.5) is 0 Å². The normalized spacial score (nSPS) is 18.3. The third-order valence-electron chi connectivity index (χ3n) is 2.79. The molecule has 0 saturated heterocycles. The van der Waals surface area contributed by atoms with Crippen molar-refractivity contribution in [1.82, 2.24) is 4.90 Å². The monoisotopic (exact) mass is 216 g/mol. The third-order valence-corrected chi connectivity index (χ3v) is 2.79. The van der Waals surface area contributed by atoms with E-state index in [9.17, 15) is 0 Å². The lowest BCUT2D eigenvalue weighted by molar-refractivity contribution is 0.317. The first kappa shape index (κ1) is 10.9. The molecule has 1 aliphatic rings. The molecule has 2 rings (SSSR count). The van der Waals surface area contributed by atoms with E-state index in [4.69, 9.17) is 5.21 Å². The van der Waals surface area contributed by atoms with Gasteiger partial charge in [0.2, 0.25) is 0 Å². The Kier molecular flexibility index (Phi) is 3.37. The minimum atomic E-state index is 0.687. The highest BCUT2D eigenvalue weighted by Crippen LogP contribution is 2.15. The summed E-state index contributed by atoms with van der Waals surface area (Å²) in [5, 5.41) is 12.6. The molecule has 84 valence electrons. The van der Waals surface area contributed by atoms with Crippen molar-refractivity contribution >= 4 is 5.71 Å². The SMILES string of the molecule is CN1CCC=C(/C(=N/O)c2ccccc2)C1. The van der Waals surface area contributed by atoms with Crippen LogP contribution in [0.2, 0.25) is 0 Å². The largest absolute Gasteiger partial charge is 0.410 e. The molecule has 0 unspecified atom stereocenters. The number of hydrogen-bond donors (Lipinski definition) is 1. The fourth-order valence-electron chi connectivity index (χ4n) is 1.97. The molecule has 3 nitrogen and oxygen atoms in total. The van der Waals surface area contributed by atoms with Gasteiger partial charge in [0.1, 0.15) is 5.71 Å². The quantitative estimate of drug-likeness (QED) is 0.467. The summed E-state index contributed by atoms with van der Waals surface area (Å²) in [4.78, 5) is 2.23. The van der Waals surface area contributed by atoms with Crippen LogP contribution in [-0.4, -0.2) is 36.0 Å². The van der Waals surface area contributed by atoms with Crippen LogP contribution < -0.4 is 0 Å². The third kappa shape index (κ3) is 2.31. The summed E-state index contributed by atoms with van der Waals surface area (Å²) in [5.74, 6) is 0. The van der Waals surface area contributed by atoms with Crippen LogP contribution in [0.15, 0.2) is 47.1 Å². The van der Waals surface area contributed by atoms with E-state index in [-0.39, 0.29) is 0 Å². The molecule has 3 heteroatoms. The van der Waals surface area contributed by atoms with Crippen LogP contribution in [0.5, 0.6) is 0 Å². The Labute approximate surface area is 95.7 Å². The Balaban J connectivity index is 2.28. The zero-order valence-electron chi connectivity index (χ0n) is 9.43. The van der Waals surface area contributed by atoms with E-state index >= 15 is 0 Å². The number of hydrogen-bond acceptors (Lipinski definition) is 3. The summed E-state index contributed by atoms with van der Waals surface area (Å²) in [7, 11) is 2.08. The predicted molar refractivity (Wildman–Crippen MR) is 65.0 cm³/mol. The Hall–Kier alpha value is -1.61. The predicted octanol–water partition coefficient (Wildman–Crippen LogP) is 2.13. The van der Waals surface area contributed by atoms with Gasteiger partial charge in [-0.2, -0.15) is 0 Å². The number of oxime groups is 1. The molecule has 0 atom stereocenters. The first-order valence-corrected chi connectivity index (χ1v) is 5.46. The average molecular weight is 216 g/mol. The summed E-state index contributed by atoms with van der Waals surface area (Å²) in [6.07, 6.45) is 3.17. The second-order valence-electron chi connectivity index (χ2n) is 4.07. The van der Waals surface area contributed by atoms with Crippen LogP contribution in [-0.2, 0) is 0 Å². The fraction of sp³-hybridized carbons (Fsp3) is 0.308. The van der Waals surface area contributed by atoms with Crippen molar-refractivity contribution in [2.75, 3.05) is 20.1 Å². The molecule has 0 aliphatic carbocycles. The van der Waals surface area contributed by atoms with Gasteiger partial charge in [-0.05, 0) is 19.0 Å². The van der Waals surface area contributed by atoms with E-state index in [2.05, 4.69) is 23.2 Å². The van der Waals surface area contributed by atoms with Crippen LogP contribution in [0, 0.1) is 0 Å². The van der Waals surface area contributed by atoms with E-state index in [1.165, 1.54) is 0 Å². The van der Waals surface area contributed by atoms with Gasteiger partial charge in [0, 0.05) is 18.7 Å². The van der Waals surface area contributed by atoms with Gasteiger partial charge in [-0.15, -0.1) is 0 Å². The molecule has 0 amide bonds. The Morgan fingerprint density at radius 1 is 1.31 bits per heavy atom. The van der Waals surface area contributed by atoms with E-state index in [1.807, 2.05) is 30.3 Å². The Morgan fingerprint density at radius 2 is 2.06 bits per heavy atom. The second kappa shape index (κ2) is 4.94. The van der Waals surface area contributed by atoms with E-state index in [0.717, 1.165) is 30.6 Å². The number of benzene rings is 1. The molecule has 1 heterocycles. The van der Waals surface area contributed by atoms with Gasteiger partial charge in [0.05, 0.1) is 0 Å². The summed E-state index contributed by atoms with van der Waals surface area (Å²) in [5.41, 5.74) is 2.75. The molecule has 1 aliphatic heterocycles. The van der Waals surface area contributed by atoms with Crippen molar-refractivity contribution in [3.8, 4) is 0 Å². The number of nitrogens with zero attached hydrogens (tertiary/aromatic N) is 2. The first-order valence-electron chi connectivity index (χ1n) is 5.46. The molecular weight excluding hydrogens is 200 g/mol. The number of likely N-dealkylation sites (N-methyl/N-ethyl adjacent to an activating group) is 1. The molecule has 1 aromatic rings. The standard InChI is InChI=1S/C13H16N2O/c1-15-9-5-8-12(10-15)13(14-16)11-6-3-2-4-7-11/h2-4,6-8,16H,5,9-10H2,1H3/b14-13+. The number of rotatable bonds is 2. The van der Waals surface area contributed by atoms with Gasteiger partial charge in [0.25, 0.3) is 0 Å². The first-order chi connectivity index (χ1) is 7.81. The van der Waals surface area contributed by atoms with E-state index in [1.54, 1.807) is 0 Å². The summed E-state index contributed by atoms with van der Waals surface area (Å²) >= 11 is 0. The highest BCUT2D eigenvalue weighted by Gasteiger charge is 2.15. The minimum absolute atomic E-state index is 0.687. The summed E-state index contributed by atoms with van der Waals surface area (Å²) < 4.78 is 0. The van der Waals surface area contributed by atoms with Crippen molar-refractivity contribution in [2.45, 2.75) is 6.42 Å². The maximum atomic E-state index is 9.15. The van der Waals surface area contributed by atoms with Crippen LogP contribution in [0.1, 0.15) is 12.0 Å². The molecule has 1 N–H and O–H groups in total. The molecule has 0 spiro atoms. The van der Waals surface area contributed by atoms with Crippen molar-refractivity contribution in [3.63, 3.8) is 0 Å². The molecule has 0 fully saturated rings. The van der Waals surface area contributed by atoms with Gasteiger partial charge in [-0.1, -0.05) is 41.6 Å². The van der Waals surface area contributed by atoms with Crippen LogP contribution >= 0.6 is 0 Å². The highest BCUT2D eigenvalue weighted by atomic mass is 16.4. The van der Waals surface area contributed by atoms with Gasteiger partial charge >= 0.3 is 0 Å².